The molecule has 0 radical (unpaired) electrons. The van der Waals surface area contributed by atoms with Crippen molar-refractivity contribution < 1.29 is 13.6 Å². The van der Waals surface area contributed by atoms with Crippen molar-refractivity contribution in [3.63, 3.8) is 0 Å². The molecule has 0 atom stereocenters. The molecule has 4 nitrogen and oxygen atoms in total. The van der Waals surface area contributed by atoms with Gasteiger partial charge in [-0.25, -0.2) is 0 Å². The Morgan fingerprint density at radius 2 is 2.00 bits per heavy atom. The molecule has 2 heterocycles. The quantitative estimate of drug-likeness (QED) is 0.779. The summed E-state index contributed by atoms with van der Waals surface area (Å²) in [4.78, 5) is 11.7. The highest BCUT2D eigenvalue weighted by Gasteiger charge is 2.09. The Hall–Kier alpha value is -2.49. The SMILES string of the molecule is O=C(NCCc1coc2ccccc12)c1ccco1. The van der Waals surface area contributed by atoms with Crippen molar-refractivity contribution in [1.82, 2.24) is 5.32 Å². The van der Waals surface area contributed by atoms with Crippen LogP contribution in [0.5, 0.6) is 0 Å². The summed E-state index contributed by atoms with van der Waals surface area (Å²) in [7, 11) is 0. The van der Waals surface area contributed by atoms with Gasteiger partial charge in [-0.05, 0) is 30.2 Å². The minimum absolute atomic E-state index is 0.196. The summed E-state index contributed by atoms with van der Waals surface area (Å²) in [6, 6.07) is 11.2. The topological polar surface area (TPSA) is 55.4 Å². The van der Waals surface area contributed by atoms with Crippen molar-refractivity contribution in [2.75, 3.05) is 6.54 Å². The minimum Gasteiger partial charge on any atom is -0.464 e. The molecule has 0 aliphatic rings. The molecule has 1 amide bonds. The summed E-state index contributed by atoms with van der Waals surface area (Å²) in [5.74, 6) is 0.134. The first kappa shape index (κ1) is 11.6. The van der Waals surface area contributed by atoms with Crippen LogP contribution in [0.3, 0.4) is 0 Å². The molecule has 4 heteroatoms. The van der Waals surface area contributed by atoms with E-state index in [1.165, 1.54) is 6.26 Å². The largest absolute Gasteiger partial charge is 0.464 e. The molecular weight excluding hydrogens is 242 g/mol. The number of benzene rings is 1. The normalized spacial score (nSPS) is 10.7. The molecule has 0 fully saturated rings. The summed E-state index contributed by atoms with van der Waals surface area (Å²) >= 11 is 0. The molecular formula is C15H13NO3. The molecule has 3 aromatic rings. The van der Waals surface area contributed by atoms with Gasteiger partial charge in [0.15, 0.2) is 5.76 Å². The Morgan fingerprint density at radius 1 is 1.11 bits per heavy atom. The molecule has 0 unspecified atom stereocenters. The highest BCUT2D eigenvalue weighted by atomic mass is 16.3. The van der Waals surface area contributed by atoms with Crippen LogP contribution in [0.4, 0.5) is 0 Å². The molecule has 3 rings (SSSR count). The van der Waals surface area contributed by atoms with E-state index in [1.807, 2.05) is 24.3 Å². The van der Waals surface area contributed by atoms with Gasteiger partial charge in [-0.2, -0.15) is 0 Å². The average molecular weight is 255 g/mol. The zero-order valence-electron chi connectivity index (χ0n) is 10.3. The second-order valence-electron chi connectivity index (χ2n) is 4.24. The van der Waals surface area contributed by atoms with E-state index in [0.717, 1.165) is 23.0 Å². The van der Waals surface area contributed by atoms with Crippen LogP contribution in [0.1, 0.15) is 16.1 Å². The fraction of sp³-hybridized carbons (Fsp3) is 0.133. The van der Waals surface area contributed by atoms with Crippen LogP contribution < -0.4 is 5.32 Å². The zero-order chi connectivity index (χ0) is 13.1. The van der Waals surface area contributed by atoms with Crippen molar-refractivity contribution in [1.29, 1.82) is 0 Å². The third kappa shape index (κ3) is 2.38. The van der Waals surface area contributed by atoms with Crippen LogP contribution in [-0.4, -0.2) is 12.5 Å². The van der Waals surface area contributed by atoms with E-state index in [-0.39, 0.29) is 5.91 Å². The van der Waals surface area contributed by atoms with Crippen LogP contribution >= 0.6 is 0 Å². The second-order valence-corrected chi connectivity index (χ2v) is 4.24. The number of carbonyl (C=O) groups excluding carboxylic acids is 1. The third-order valence-electron chi connectivity index (χ3n) is 2.99. The minimum atomic E-state index is -0.196. The van der Waals surface area contributed by atoms with Gasteiger partial charge >= 0.3 is 0 Å². The molecule has 0 bridgehead atoms. The fourth-order valence-electron chi connectivity index (χ4n) is 2.03. The Morgan fingerprint density at radius 3 is 2.84 bits per heavy atom. The van der Waals surface area contributed by atoms with Crippen LogP contribution in [0.15, 0.2) is 57.8 Å². The fourth-order valence-corrected chi connectivity index (χ4v) is 2.03. The molecule has 1 aromatic carbocycles. The van der Waals surface area contributed by atoms with E-state index in [4.69, 9.17) is 8.83 Å². The average Bonchev–Trinajstić information content (AvgIpc) is 3.08. The number of amides is 1. The van der Waals surface area contributed by atoms with Crippen molar-refractivity contribution in [3.8, 4) is 0 Å². The molecule has 1 N–H and O–H groups in total. The number of carbonyl (C=O) groups is 1. The third-order valence-corrected chi connectivity index (χ3v) is 2.99. The first-order valence-corrected chi connectivity index (χ1v) is 6.11. The van der Waals surface area contributed by atoms with Gasteiger partial charge in [-0.15, -0.1) is 0 Å². The highest BCUT2D eigenvalue weighted by molar-refractivity contribution is 5.91. The maximum absolute atomic E-state index is 11.7. The number of fused-ring (bicyclic) bond motifs is 1. The Balaban J connectivity index is 1.62. The van der Waals surface area contributed by atoms with E-state index in [1.54, 1.807) is 18.4 Å². The predicted molar refractivity (Wildman–Crippen MR) is 71.0 cm³/mol. The standard InChI is InChI=1S/C15H13NO3/c17-15(14-6-3-9-18-14)16-8-7-11-10-19-13-5-2-1-4-12(11)13/h1-6,9-10H,7-8H2,(H,16,17). The van der Waals surface area contributed by atoms with E-state index in [9.17, 15) is 4.79 Å². The lowest BCUT2D eigenvalue weighted by Gasteiger charge is -2.01. The van der Waals surface area contributed by atoms with E-state index < -0.39 is 0 Å². The van der Waals surface area contributed by atoms with Gasteiger partial charge in [0.05, 0.1) is 12.5 Å². The first-order chi connectivity index (χ1) is 9.34. The van der Waals surface area contributed by atoms with Crippen molar-refractivity contribution in [2.24, 2.45) is 0 Å². The number of hydrogen-bond donors (Lipinski definition) is 1. The van der Waals surface area contributed by atoms with Crippen LogP contribution in [0, 0.1) is 0 Å². The van der Waals surface area contributed by atoms with Gasteiger partial charge in [0.2, 0.25) is 0 Å². The van der Waals surface area contributed by atoms with Crippen LogP contribution in [0.25, 0.3) is 11.0 Å². The number of nitrogens with one attached hydrogen (secondary N) is 1. The predicted octanol–water partition coefficient (Wildman–Crippen LogP) is 3.00. The van der Waals surface area contributed by atoms with E-state index in [2.05, 4.69) is 5.32 Å². The van der Waals surface area contributed by atoms with Gasteiger partial charge in [-0.1, -0.05) is 18.2 Å². The summed E-state index contributed by atoms with van der Waals surface area (Å²) < 4.78 is 10.5. The van der Waals surface area contributed by atoms with Gasteiger partial charge in [-0.3, -0.25) is 4.79 Å². The van der Waals surface area contributed by atoms with Crippen molar-refractivity contribution in [2.45, 2.75) is 6.42 Å². The lowest BCUT2D eigenvalue weighted by molar-refractivity contribution is 0.0926. The lowest BCUT2D eigenvalue weighted by Crippen LogP contribution is -2.25. The smallest absolute Gasteiger partial charge is 0.286 e. The number of rotatable bonds is 4. The lowest BCUT2D eigenvalue weighted by atomic mass is 10.1. The van der Waals surface area contributed by atoms with Gasteiger partial charge in [0, 0.05) is 11.9 Å². The molecule has 0 aliphatic carbocycles. The Kier molecular flexibility index (Phi) is 3.06. The number of hydrogen-bond acceptors (Lipinski definition) is 3. The molecule has 0 saturated heterocycles. The van der Waals surface area contributed by atoms with Crippen LogP contribution in [0.2, 0.25) is 0 Å². The van der Waals surface area contributed by atoms with Gasteiger partial charge in [0.25, 0.3) is 5.91 Å². The van der Waals surface area contributed by atoms with Crippen molar-refractivity contribution in [3.05, 3.63) is 60.2 Å². The zero-order valence-corrected chi connectivity index (χ0v) is 10.3. The van der Waals surface area contributed by atoms with E-state index >= 15 is 0 Å². The summed E-state index contributed by atoms with van der Waals surface area (Å²) in [6.07, 6.45) is 3.95. The molecule has 0 aliphatic heterocycles. The van der Waals surface area contributed by atoms with Crippen molar-refractivity contribution >= 4 is 16.9 Å². The summed E-state index contributed by atoms with van der Waals surface area (Å²) in [6.45, 7) is 0.545. The van der Waals surface area contributed by atoms with E-state index in [0.29, 0.717) is 12.3 Å². The highest BCUT2D eigenvalue weighted by Crippen LogP contribution is 2.20. The summed E-state index contributed by atoms with van der Waals surface area (Å²) in [5, 5.41) is 3.91. The number of para-hydroxylation sites is 1. The molecule has 96 valence electrons. The Labute approximate surface area is 110 Å². The molecule has 19 heavy (non-hydrogen) atoms. The Bertz CT molecular complexity index is 682. The van der Waals surface area contributed by atoms with Crippen LogP contribution in [-0.2, 0) is 6.42 Å². The molecule has 0 spiro atoms. The molecule has 2 aromatic heterocycles. The maximum Gasteiger partial charge on any atom is 0.286 e. The first-order valence-electron chi connectivity index (χ1n) is 6.11. The summed E-state index contributed by atoms with van der Waals surface area (Å²) in [5.41, 5.74) is 1.96. The second kappa shape index (κ2) is 5.02. The number of furan rings is 2. The monoisotopic (exact) mass is 255 g/mol. The maximum atomic E-state index is 11.7. The van der Waals surface area contributed by atoms with Gasteiger partial charge in [0.1, 0.15) is 5.58 Å². The molecule has 0 saturated carbocycles. The van der Waals surface area contributed by atoms with Gasteiger partial charge < -0.3 is 14.2 Å².